The van der Waals surface area contributed by atoms with Crippen molar-refractivity contribution in [2.75, 3.05) is 13.1 Å². The van der Waals surface area contributed by atoms with Gasteiger partial charge in [0.15, 0.2) is 0 Å². The third kappa shape index (κ3) is 4.59. The lowest BCUT2D eigenvalue weighted by atomic mass is 10.1. The third-order valence-corrected chi connectivity index (χ3v) is 3.89. The average molecular weight is 261 g/mol. The van der Waals surface area contributed by atoms with Gasteiger partial charge in [0, 0.05) is 25.7 Å². The van der Waals surface area contributed by atoms with E-state index in [4.69, 9.17) is 4.98 Å². The Labute approximate surface area is 117 Å². The standard InChI is InChI=1S/C16H27N3/c1-4-14-8-9-19(11-14)12-16-7-5-6-15(18-16)10-17-13(2)3/h5-7,13-14,17H,4,8-12H2,1-3H3. The van der Waals surface area contributed by atoms with Crippen molar-refractivity contribution in [3.05, 3.63) is 29.6 Å². The summed E-state index contributed by atoms with van der Waals surface area (Å²) in [5, 5.41) is 3.42. The number of rotatable bonds is 6. The lowest BCUT2D eigenvalue weighted by molar-refractivity contribution is 0.311. The fraction of sp³-hybridized carbons (Fsp3) is 0.688. The van der Waals surface area contributed by atoms with E-state index < -0.39 is 0 Å². The predicted octanol–water partition coefficient (Wildman–Crippen LogP) is 2.81. The van der Waals surface area contributed by atoms with Crippen molar-refractivity contribution in [2.24, 2.45) is 5.92 Å². The second kappa shape index (κ2) is 7.01. The Bertz CT molecular complexity index is 389. The molecule has 1 aromatic heterocycles. The van der Waals surface area contributed by atoms with Crippen LogP contribution in [-0.2, 0) is 13.1 Å². The Hall–Kier alpha value is -0.930. The molecular formula is C16H27N3. The molecule has 0 saturated carbocycles. The van der Waals surface area contributed by atoms with Crippen LogP contribution in [0.2, 0.25) is 0 Å². The zero-order valence-corrected chi connectivity index (χ0v) is 12.5. The molecule has 1 aliphatic rings. The van der Waals surface area contributed by atoms with Crippen molar-refractivity contribution in [3.63, 3.8) is 0 Å². The van der Waals surface area contributed by atoms with Gasteiger partial charge in [-0.15, -0.1) is 0 Å². The van der Waals surface area contributed by atoms with Gasteiger partial charge in [0.05, 0.1) is 11.4 Å². The molecule has 3 heteroatoms. The first-order valence-corrected chi connectivity index (χ1v) is 7.58. The van der Waals surface area contributed by atoms with Gasteiger partial charge in [0.1, 0.15) is 0 Å². The van der Waals surface area contributed by atoms with E-state index in [1.54, 1.807) is 0 Å². The highest BCUT2D eigenvalue weighted by atomic mass is 15.1. The minimum atomic E-state index is 0.509. The van der Waals surface area contributed by atoms with Crippen molar-refractivity contribution >= 4 is 0 Å². The molecule has 0 aliphatic carbocycles. The second-order valence-electron chi connectivity index (χ2n) is 5.95. The molecule has 0 aromatic carbocycles. The van der Waals surface area contributed by atoms with Crippen LogP contribution in [0.25, 0.3) is 0 Å². The highest BCUT2D eigenvalue weighted by Crippen LogP contribution is 2.20. The van der Waals surface area contributed by atoms with Crippen LogP contribution in [0.15, 0.2) is 18.2 Å². The lowest BCUT2D eigenvalue weighted by Gasteiger charge is -2.16. The SMILES string of the molecule is CCC1CCN(Cc2cccc(CNC(C)C)n2)C1. The molecule has 0 radical (unpaired) electrons. The average Bonchev–Trinajstić information content (AvgIpc) is 2.84. The predicted molar refractivity (Wildman–Crippen MR) is 79.9 cm³/mol. The van der Waals surface area contributed by atoms with Crippen LogP contribution < -0.4 is 5.32 Å². The molecule has 0 amide bonds. The molecule has 19 heavy (non-hydrogen) atoms. The van der Waals surface area contributed by atoms with Gasteiger partial charge in [-0.05, 0) is 31.0 Å². The maximum Gasteiger partial charge on any atom is 0.0547 e. The van der Waals surface area contributed by atoms with Gasteiger partial charge >= 0.3 is 0 Å². The molecule has 1 atom stereocenters. The van der Waals surface area contributed by atoms with E-state index >= 15 is 0 Å². The van der Waals surface area contributed by atoms with Gasteiger partial charge in [0.2, 0.25) is 0 Å². The van der Waals surface area contributed by atoms with E-state index in [9.17, 15) is 0 Å². The van der Waals surface area contributed by atoms with Crippen molar-refractivity contribution in [3.8, 4) is 0 Å². The van der Waals surface area contributed by atoms with Crippen LogP contribution in [0.4, 0.5) is 0 Å². The minimum Gasteiger partial charge on any atom is -0.309 e. The molecule has 1 saturated heterocycles. The summed E-state index contributed by atoms with van der Waals surface area (Å²) in [5.74, 6) is 0.894. The highest BCUT2D eigenvalue weighted by Gasteiger charge is 2.20. The van der Waals surface area contributed by atoms with Gasteiger partial charge in [0.25, 0.3) is 0 Å². The van der Waals surface area contributed by atoms with Crippen molar-refractivity contribution in [2.45, 2.75) is 52.7 Å². The molecule has 2 rings (SSSR count). The largest absolute Gasteiger partial charge is 0.309 e. The maximum atomic E-state index is 4.75. The summed E-state index contributed by atoms with van der Waals surface area (Å²) in [6.45, 7) is 11.0. The Morgan fingerprint density at radius 3 is 2.84 bits per heavy atom. The highest BCUT2D eigenvalue weighted by molar-refractivity contribution is 5.11. The van der Waals surface area contributed by atoms with Gasteiger partial charge in [-0.3, -0.25) is 9.88 Å². The summed E-state index contributed by atoms with van der Waals surface area (Å²) in [5.41, 5.74) is 2.36. The van der Waals surface area contributed by atoms with Gasteiger partial charge in [-0.1, -0.05) is 33.3 Å². The summed E-state index contributed by atoms with van der Waals surface area (Å²) in [4.78, 5) is 7.29. The van der Waals surface area contributed by atoms with E-state index in [1.807, 2.05) is 0 Å². The number of hydrogen-bond donors (Lipinski definition) is 1. The Kier molecular flexibility index (Phi) is 5.34. The first kappa shape index (κ1) is 14.5. The number of hydrogen-bond acceptors (Lipinski definition) is 3. The second-order valence-corrected chi connectivity index (χ2v) is 5.95. The lowest BCUT2D eigenvalue weighted by Crippen LogP contribution is -2.23. The maximum absolute atomic E-state index is 4.75. The van der Waals surface area contributed by atoms with Crippen molar-refractivity contribution in [1.29, 1.82) is 0 Å². The van der Waals surface area contributed by atoms with Gasteiger partial charge in [-0.2, -0.15) is 0 Å². The Morgan fingerprint density at radius 2 is 2.16 bits per heavy atom. The van der Waals surface area contributed by atoms with E-state index in [0.717, 1.165) is 24.7 Å². The van der Waals surface area contributed by atoms with Gasteiger partial charge < -0.3 is 5.32 Å². The smallest absolute Gasteiger partial charge is 0.0547 e. The van der Waals surface area contributed by atoms with E-state index in [-0.39, 0.29) is 0 Å². The van der Waals surface area contributed by atoms with Crippen LogP contribution in [-0.4, -0.2) is 29.0 Å². The fourth-order valence-electron chi connectivity index (χ4n) is 2.64. The number of aromatic nitrogens is 1. The first-order chi connectivity index (χ1) is 9.17. The van der Waals surface area contributed by atoms with E-state index in [2.05, 4.69) is 49.2 Å². The zero-order valence-electron chi connectivity index (χ0n) is 12.5. The van der Waals surface area contributed by atoms with Crippen LogP contribution in [0.1, 0.15) is 45.0 Å². The summed E-state index contributed by atoms with van der Waals surface area (Å²) in [6, 6.07) is 6.90. The first-order valence-electron chi connectivity index (χ1n) is 7.58. The summed E-state index contributed by atoms with van der Waals surface area (Å²) >= 11 is 0. The normalized spacial score (nSPS) is 20.3. The van der Waals surface area contributed by atoms with Crippen molar-refractivity contribution < 1.29 is 0 Å². The van der Waals surface area contributed by atoms with Crippen LogP contribution in [0.5, 0.6) is 0 Å². The molecule has 0 spiro atoms. The molecular weight excluding hydrogens is 234 g/mol. The molecule has 1 unspecified atom stereocenters. The van der Waals surface area contributed by atoms with Gasteiger partial charge in [-0.25, -0.2) is 0 Å². The third-order valence-electron chi connectivity index (χ3n) is 3.89. The van der Waals surface area contributed by atoms with Crippen LogP contribution in [0, 0.1) is 5.92 Å². The minimum absolute atomic E-state index is 0.509. The molecule has 106 valence electrons. The molecule has 2 heterocycles. The zero-order chi connectivity index (χ0) is 13.7. The molecule has 0 bridgehead atoms. The Morgan fingerprint density at radius 1 is 1.37 bits per heavy atom. The molecule has 1 aromatic rings. The van der Waals surface area contributed by atoms with Crippen LogP contribution in [0.3, 0.4) is 0 Å². The van der Waals surface area contributed by atoms with E-state index in [0.29, 0.717) is 6.04 Å². The molecule has 1 fully saturated rings. The van der Waals surface area contributed by atoms with Crippen molar-refractivity contribution in [1.82, 2.24) is 15.2 Å². The van der Waals surface area contributed by atoms with Crippen LogP contribution >= 0.6 is 0 Å². The molecule has 3 nitrogen and oxygen atoms in total. The van der Waals surface area contributed by atoms with E-state index in [1.165, 1.54) is 31.6 Å². The monoisotopic (exact) mass is 261 g/mol. The molecule has 1 aliphatic heterocycles. The molecule has 1 N–H and O–H groups in total. The summed E-state index contributed by atoms with van der Waals surface area (Å²) < 4.78 is 0. The number of nitrogens with zero attached hydrogens (tertiary/aromatic N) is 2. The number of nitrogens with one attached hydrogen (secondary N) is 1. The summed E-state index contributed by atoms with van der Waals surface area (Å²) in [7, 11) is 0. The quantitative estimate of drug-likeness (QED) is 0.853. The topological polar surface area (TPSA) is 28.2 Å². The number of likely N-dealkylation sites (tertiary alicyclic amines) is 1. The Balaban J connectivity index is 1.88. The fourth-order valence-corrected chi connectivity index (χ4v) is 2.64. The number of pyridine rings is 1. The summed E-state index contributed by atoms with van der Waals surface area (Å²) in [6.07, 6.45) is 2.66.